The zero-order chi connectivity index (χ0) is 15.6. The second-order valence-corrected chi connectivity index (χ2v) is 5.76. The summed E-state index contributed by atoms with van der Waals surface area (Å²) in [6.07, 6.45) is -1.08. The Morgan fingerprint density at radius 1 is 1.00 bits per heavy atom. The zero-order valence-electron chi connectivity index (χ0n) is 12.4. The summed E-state index contributed by atoms with van der Waals surface area (Å²) in [5.74, 6) is 0. The van der Waals surface area contributed by atoms with Gasteiger partial charge in [0.25, 0.3) is 6.08 Å². The van der Waals surface area contributed by atoms with Crippen LogP contribution in [0.5, 0.6) is 0 Å². The number of hydrogen-bond acceptors (Lipinski definition) is 1. The Kier molecular flexibility index (Phi) is 3.88. The average Bonchev–Trinajstić information content (AvgIpc) is 2.86. The summed E-state index contributed by atoms with van der Waals surface area (Å²) in [6, 6.07) is 19.3. The van der Waals surface area contributed by atoms with Gasteiger partial charge in [-0.15, -0.1) is 0 Å². The van der Waals surface area contributed by atoms with Crippen molar-refractivity contribution in [1.82, 2.24) is 0 Å². The Hall–Kier alpha value is -2.29. The van der Waals surface area contributed by atoms with Crippen molar-refractivity contribution in [3.05, 3.63) is 83.4 Å². The molecular weight excluding hydrogens is 280 g/mol. The smallest absolute Gasteiger partial charge is 0.272 e. The maximum atomic E-state index is 13.4. The van der Waals surface area contributed by atoms with E-state index in [2.05, 4.69) is 4.99 Å². The average molecular weight is 297 g/mol. The molecule has 0 saturated heterocycles. The second kappa shape index (κ2) is 5.84. The van der Waals surface area contributed by atoms with Gasteiger partial charge < -0.3 is 0 Å². The van der Waals surface area contributed by atoms with E-state index in [0.717, 1.165) is 16.8 Å². The van der Waals surface area contributed by atoms with Crippen LogP contribution in [-0.2, 0) is 6.42 Å². The van der Waals surface area contributed by atoms with Crippen LogP contribution in [0.25, 0.3) is 0 Å². The third-order valence-electron chi connectivity index (χ3n) is 4.26. The molecule has 0 N–H and O–H groups in total. The van der Waals surface area contributed by atoms with Gasteiger partial charge in [-0.3, -0.25) is 4.99 Å². The molecule has 3 rings (SSSR count). The first-order valence-electron chi connectivity index (χ1n) is 7.30. The van der Waals surface area contributed by atoms with E-state index in [-0.39, 0.29) is 12.1 Å². The number of rotatable bonds is 3. The molecule has 22 heavy (non-hydrogen) atoms. The van der Waals surface area contributed by atoms with Gasteiger partial charge in [0.05, 0.1) is 12.3 Å². The summed E-state index contributed by atoms with van der Waals surface area (Å²) >= 11 is 0. The van der Waals surface area contributed by atoms with Crippen molar-refractivity contribution < 1.29 is 8.78 Å². The molecule has 0 bridgehead atoms. The van der Waals surface area contributed by atoms with Crippen LogP contribution in [0.3, 0.4) is 0 Å². The Morgan fingerprint density at radius 2 is 1.59 bits per heavy atom. The van der Waals surface area contributed by atoms with Gasteiger partial charge in [0, 0.05) is 11.0 Å². The van der Waals surface area contributed by atoms with E-state index in [1.165, 1.54) is 0 Å². The minimum absolute atomic E-state index is 0.0793. The molecule has 1 aliphatic heterocycles. The highest BCUT2D eigenvalue weighted by Gasteiger charge is 2.42. The van der Waals surface area contributed by atoms with Crippen molar-refractivity contribution in [2.24, 2.45) is 10.4 Å². The number of aliphatic imine (C=N–C) groups is 1. The molecule has 2 aromatic carbocycles. The van der Waals surface area contributed by atoms with Crippen molar-refractivity contribution in [3.63, 3.8) is 0 Å². The molecule has 1 unspecified atom stereocenters. The molecule has 0 aromatic heterocycles. The maximum absolute atomic E-state index is 13.4. The van der Waals surface area contributed by atoms with E-state index in [4.69, 9.17) is 0 Å². The number of benzene rings is 2. The van der Waals surface area contributed by atoms with Crippen LogP contribution >= 0.6 is 0 Å². The Bertz CT molecular complexity index is 716. The summed E-state index contributed by atoms with van der Waals surface area (Å²) in [4.78, 5) is 4.44. The first-order chi connectivity index (χ1) is 10.6. The van der Waals surface area contributed by atoms with Crippen LogP contribution < -0.4 is 0 Å². The van der Waals surface area contributed by atoms with Gasteiger partial charge in [0.15, 0.2) is 0 Å². The third-order valence-corrected chi connectivity index (χ3v) is 4.26. The summed E-state index contributed by atoms with van der Waals surface area (Å²) in [5.41, 5.74) is 2.07. The molecule has 0 amide bonds. The molecule has 2 aromatic rings. The fourth-order valence-corrected chi connectivity index (χ4v) is 3.12. The highest BCUT2D eigenvalue weighted by Crippen LogP contribution is 2.42. The molecule has 0 spiro atoms. The SMILES string of the molecule is CC1(Cc2ccccc2)C(c2ccccc2)=NCC1=C(F)F. The minimum Gasteiger partial charge on any atom is -0.284 e. The Labute approximate surface area is 129 Å². The van der Waals surface area contributed by atoms with Crippen molar-refractivity contribution >= 4 is 5.71 Å². The first-order valence-corrected chi connectivity index (χ1v) is 7.30. The first kappa shape index (κ1) is 14.6. The minimum atomic E-state index is -1.60. The monoisotopic (exact) mass is 297 g/mol. The van der Waals surface area contributed by atoms with Crippen LogP contribution in [0.15, 0.2) is 77.3 Å². The number of hydrogen-bond donors (Lipinski definition) is 0. The van der Waals surface area contributed by atoms with Gasteiger partial charge >= 0.3 is 0 Å². The van der Waals surface area contributed by atoms with E-state index in [0.29, 0.717) is 6.42 Å². The van der Waals surface area contributed by atoms with Gasteiger partial charge in [0.1, 0.15) is 0 Å². The fourth-order valence-electron chi connectivity index (χ4n) is 3.12. The molecule has 1 aliphatic rings. The van der Waals surface area contributed by atoms with E-state index in [1.54, 1.807) is 0 Å². The van der Waals surface area contributed by atoms with Crippen LogP contribution in [0.4, 0.5) is 8.78 Å². The van der Waals surface area contributed by atoms with Crippen LogP contribution in [0.1, 0.15) is 18.1 Å². The molecular formula is C19H17F2N. The van der Waals surface area contributed by atoms with Crippen molar-refractivity contribution in [2.45, 2.75) is 13.3 Å². The molecule has 0 saturated carbocycles. The predicted octanol–water partition coefficient (Wildman–Crippen LogP) is 4.89. The normalized spacial score (nSPS) is 20.9. The van der Waals surface area contributed by atoms with Gasteiger partial charge in [-0.05, 0) is 24.5 Å². The third kappa shape index (κ3) is 2.59. The molecule has 112 valence electrons. The lowest BCUT2D eigenvalue weighted by Crippen LogP contribution is -2.30. The van der Waals surface area contributed by atoms with E-state index in [1.807, 2.05) is 67.6 Å². The largest absolute Gasteiger partial charge is 0.284 e. The highest BCUT2D eigenvalue weighted by atomic mass is 19.3. The van der Waals surface area contributed by atoms with Crippen LogP contribution in [0, 0.1) is 5.41 Å². The van der Waals surface area contributed by atoms with Crippen molar-refractivity contribution in [1.29, 1.82) is 0 Å². The van der Waals surface area contributed by atoms with E-state index >= 15 is 0 Å². The van der Waals surface area contributed by atoms with Crippen molar-refractivity contribution in [3.8, 4) is 0 Å². The lowest BCUT2D eigenvalue weighted by molar-refractivity contribution is 0.385. The summed E-state index contributed by atoms with van der Waals surface area (Å²) in [5, 5.41) is 0. The predicted molar refractivity (Wildman–Crippen MR) is 85.3 cm³/mol. The highest BCUT2D eigenvalue weighted by molar-refractivity contribution is 6.08. The van der Waals surface area contributed by atoms with Crippen LogP contribution in [0.2, 0.25) is 0 Å². The zero-order valence-corrected chi connectivity index (χ0v) is 12.4. The topological polar surface area (TPSA) is 12.4 Å². The molecule has 1 heterocycles. The quantitative estimate of drug-likeness (QED) is 0.765. The Morgan fingerprint density at radius 3 is 2.18 bits per heavy atom. The summed E-state index contributed by atoms with van der Waals surface area (Å²) < 4.78 is 26.9. The fraction of sp³-hybridized carbons (Fsp3) is 0.211. The van der Waals surface area contributed by atoms with E-state index in [9.17, 15) is 8.78 Å². The summed E-state index contributed by atoms with van der Waals surface area (Å²) in [6.45, 7) is 1.95. The molecule has 0 radical (unpaired) electrons. The Balaban J connectivity index is 2.05. The lowest BCUT2D eigenvalue weighted by atomic mass is 9.73. The van der Waals surface area contributed by atoms with Crippen LogP contribution in [-0.4, -0.2) is 12.3 Å². The molecule has 0 fully saturated rings. The molecule has 1 nitrogen and oxygen atoms in total. The van der Waals surface area contributed by atoms with Gasteiger partial charge in [-0.25, -0.2) is 0 Å². The second-order valence-electron chi connectivity index (χ2n) is 5.76. The standard InChI is InChI=1S/C19H17F2N/c1-19(12-14-8-4-2-5-9-14)16(18(20)21)13-22-17(19)15-10-6-3-7-11-15/h2-11H,12-13H2,1H3. The number of halogens is 2. The molecule has 0 aliphatic carbocycles. The number of nitrogens with zero attached hydrogens (tertiary/aromatic N) is 1. The molecule has 1 atom stereocenters. The van der Waals surface area contributed by atoms with E-state index < -0.39 is 11.5 Å². The summed E-state index contributed by atoms with van der Waals surface area (Å²) in [7, 11) is 0. The van der Waals surface area contributed by atoms with Gasteiger partial charge in [-0.1, -0.05) is 60.7 Å². The van der Waals surface area contributed by atoms with Gasteiger partial charge in [-0.2, -0.15) is 8.78 Å². The maximum Gasteiger partial charge on any atom is 0.272 e. The molecule has 3 heteroatoms. The van der Waals surface area contributed by atoms with Crippen molar-refractivity contribution in [2.75, 3.05) is 6.54 Å². The lowest BCUT2D eigenvalue weighted by Gasteiger charge is -2.28. The van der Waals surface area contributed by atoms with Gasteiger partial charge in [0.2, 0.25) is 0 Å².